The van der Waals surface area contributed by atoms with Crippen LogP contribution in [0.15, 0.2) is 48.5 Å². The number of aryl methyl sites for hydroxylation is 1. The van der Waals surface area contributed by atoms with Crippen molar-refractivity contribution in [1.29, 1.82) is 0 Å². The third kappa shape index (κ3) is 7.29. The van der Waals surface area contributed by atoms with E-state index in [0.717, 1.165) is 5.56 Å². The van der Waals surface area contributed by atoms with Gasteiger partial charge in [-0.15, -0.1) is 0 Å². The lowest BCUT2D eigenvalue weighted by atomic mass is 9.95. The molecule has 2 rings (SSSR count). The van der Waals surface area contributed by atoms with E-state index in [1.807, 2.05) is 52.0 Å². The van der Waals surface area contributed by atoms with E-state index in [1.54, 1.807) is 24.3 Å². The molecule has 0 saturated heterocycles. The minimum atomic E-state index is -0.491. The lowest BCUT2D eigenvalue weighted by molar-refractivity contribution is -0.123. The molecule has 7 nitrogen and oxygen atoms in total. The number of anilines is 2. The Morgan fingerprint density at radius 3 is 1.86 bits per heavy atom. The van der Waals surface area contributed by atoms with Crippen LogP contribution in [0.3, 0.4) is 0 Å². The fraction of sp³-hybridized carbons (Fsp3) is 0.318. The number of hydrogen-bond donors (Lipinski definition) is 4. The molecule has 4 N–H and O–H groups in total. The smallest absolute Gasteiger partial charge is 0.319 e. The maximum Gasteiger partial charge on any atom is 0.319 e. The first kappa shape index (κ1) is 21.9. The molecule has 2 aromatic carbocycles. The van der Waals surface area contributed by atoms with E-state index in [4.69, 9.17) is 0 Å². The average Bonchev–Trinajstić information content (AvgIpc) is 2.66. The predicted molar refractivity (Wildman–Crippen MR) is 115 cm³/mol. The van der Waals surface area contributed by atoms with Gasteiger partial charge in [0, 0.05) is 35.4 Å². The lowest BCUT2D eigenvalue weighted by Gasteiger charge is -2.17. The highest BCUT2D eigenvalue weighted by atomic mass is 16.2. The van der Waals surface area contributed by atoms with Crippen LogP contribution in [0.4, 0.5) is 16.2 Å². The van der Waals surface area contributed by atoms with E-state index in [1.165, 1.54) is 0 Å². The van der Waals surface area contributed by atoms with E-state index < -0.39 is 5.41 Å². The zero-order valence-corrected chi connectivity index (χ0v) is 17.3. The second kappa shape index (κ2) is 9.73. The summed E-state index contributed by atoms with van der Waals surface area (Å²) in [5, 5.41) is 11.0. The van der Waals surface area contributed by atoms with E-state index in [9.17, 15) is 14.4 Å². The van der Waals surface area contributed by atoms with Gasteiger partial charge in [-0.1, -0.05) is 38.5 Å². The molecular weight excluding hydrogens is 368 g/mol. The number of hydrogen-bond acceptors (Lipinski definition) is 3. The number of rotatable bonds is 6. The van der Waals surface area contributed by atoms with E-state index in [2.05, 4.69) is 21.3 Å². The maximum absolute atomic E-state index is 12.2. The van der Waals surface area contributed by atoms with E-state index in [-0.39, 0.29) is 17.8 Å². The summed E-state index contributed by atoms with van der Waals surface area (Å²) in [6.07, 6.45) is 0. The SMILES string of the molecule is Cc1ccc(NC(=O)NCCNC(=O)c2ccc(NC(=O)C(C)(C)C)cc2)cc1. The number of nitrogens with one attached hydrogen (secondary N) is 4. The van der Waals surface area contributed by atoms with Crippen LogP contribution in [0, 0.1) is 12.3 Å². The number of amides is 4. The quantitative estimate of drug-likeness (QED) is 0.562. The van der Waals surface area contributed by atoms with Crippen molar-refractivity contribution in [2.75, 3.05) is 23.7 Å². The van der Waals surface area contributed by atoms with Crippen molar-refractivity contribution >= 4 is 29.2 Å². The molecule has 0 fully saturated rings. The molecule has 4 amide bonds. The molecule has 0 bridgehead atoms. The van der Waals surface area contributed by atoms with Crippen LogP contribution in [-0.2, 0) is 4.79 Å². The van der Waals surface area contributed by atoms with Gasteiger partial charge in [0.05, 0.1) is 0 Å². The Balaban J connectivity index is 1.72. The van der Waals surface area contributed by atoms with Gasteiger partial charge in [-0.3, -0.25) is 9.59 Å². The molecule has 0 atom stereocenters. The van der Waals surface area contributed by atoms with Crippen LogP contribution in [-0.4, -0.2) is 30.9 Å². The molecule has 154 valence electrons. The predicted octanol–water partition coefficient (Wildman–Crippen LogP) is 3.53. The highest BCUT2D eigenvalue weighted by molar-refractivity contribution is 5.97. The highest BCUT2D eigenvalue weighted by Gasteiger charge is 2.21. The average molecular weight is 396 g/mol. The van der Waals surface area contributed by atoms with Crippen LogP contribution in [0.5, 0.6) is 0 Å². The van der Waals surface area contributed by atoms with Crippen molar-refractivity contribution in [1.82, 2.24) is 10.6 Å². The highest BCUT2D eigenvalue weighted by Crippen LogP contribution is 2.17. The summed E-state index contributed by atoms with van der Waals surface area (Å²) in [5.74, 6) is -0.343. The third-order valence-corrected chi connectivity index (χ3v) is 4.09. The van der Waals surface area contributed by atoms with Gasteiger partial charge in [-0.25, -0.2) is 4.79 Å². The summed E-state index contributed by atoms with van der Waals surface area (Å²) in [6.45, 7) is 8.06. The van der Waals surface area contributed by atoms with E-state index in [0.29, 0.717) is 30.0 Å². The van der Waals surface area contributed by atoms with Crippen LogP contribution >= 0.6 is 0 Å². The van der Waals surface area contributed by atoms with Gasteiger partial charge < -0.3 is 21.3 Å². The molecular formula is C22H28N4O3. The van der Waals surface area contributed by atoms with Gasteiger partial charge in [0.15, 0.2) is 0 Å². The molecule has 0 radical (unpaired) electrons. The summed E-state index contributed by atoms with van der Waals surface area (Å²) in [6, 6.07) is 13.8. The van der Waals surface area contributed by atoms with Crippen LogP contribution in [0.25, 0.3) is 0 Å². The molecule has 0 saturated carbocycles. The van der Waals surface area contributed by atoms with Crippen molar-refractivity contribution in [2.24, 2.45) is 5.41 Å². The van der Waals surface area contributed by atoms with Gasteiger partial charge in [-0.2, -0.15) is 0 Å². The molecule has 0 aliphatic carbocycles. The molecule has 0 aromatic heterocycles. The van der Waals surface area contributed by atoms with Crippen molar-refractivity contribution < 1.29 is 14.4 Å². The number of carbonyl (C=O) groups excluding carboxylic acids is 3. The minimum absolute atomic E-state index is 0.0929. The Labute approximate surface area is 171 Å². The normalized spacial score (nSPS) is 10.8. The van der Waals surface area contributed by atoms with Crippen molar-refractivity contribution in [3.63, 3.8) is 0 Å². The molecule has 0 heterocycles. The van der Waals surface area contributed by atoms with Gasteiger partial charge in [-0.05, 0) is 43.3 Å². The molecule has 29 heavy (non-hydrogen) atoms. The van der Waals surface area contributed by atoms with Crippen molar-refractivity contribution in [3.8, 4) is 0 Å². The Bertz CT molecular complexity index is 853. The second-order valence-corrected chi connectivity index (χ2v) is 7.78. The molecule has 0 aliphatic heterocycles. The van der Waals surface area contributed by atoms with Gasteiger partial charge >= 0.3 is 6.03 Å². The van der Waals surface area contributed by atoms with Crippen molar-refractivity contribution in [3.05, 3.63) is 59.7 Å². The standard InChI is InChI=1S/C22H28N4O3/c1-15-5-9-18(10-6-15)26-21(29)24-14-13-23-19(27)16-7-11-17(12-8-16)25-20(28)22(2,3)4/h5-12H,13-14H2,1-4H3,(H,23,27)(H,25,28)(H2,24,26,29). The zero-order valence-electron chi connectivity index (χ0n) is 17.3. The summed E-state index contributed by atoms with van der Waals surface area (Å²) in [5.41, 5.74) is 2.44. The number of carbonyl (C=O) groups is 3. The fourth-order valence-electron chi connectivity index (χ4n) is 2.29. The zero-order chi connectivity index (χ0) is 21.4. The monoisotopic (exact) mass is 396 g/mol. The maximum atomic E-state index is 12.2. The number of benzene rings is 2. The fourth-order valence-corrected chi connectivity index (χ4v) is 2.29. The Morgan fingerprint density at radius 2 is 1.28 bits per heavy atom. The summed E-state index contributed by atoms with van der Waals surface area (Å²) in [4.78, 5) is 36.0. The van der Waals surface area contributed by atoms with Gasteiger partial charge in [0.1, 0.15) is 0 Å². The largest absolute Gasteiger partial charge is 0.350 e. The molecule has 7 heteroatoms. The topological polar surface area (TPSA) is 99.3 Å². The number of urea groups is 1. The lowest BCUT2D eigenvalue weighted by Crippen LogP contribution is -2.36. The second-order valence-electron chi connectivity index (χ2n) is 7.78. The Kier molecular flexibility index (Phi) is 7.36. The molecule has 0 spiro atoms. The first-order valence-corrected chi connectivity index (χ1v) is 9.46. The van der Waals surface area contributed by atoms with E-state index >= 15 is 0 Å². The Morgan fingerprint density at radius 1 is 0.759 bits per heavy atom. The van der Waals surface area contributed by atoms with Crippen molar-refractivity contribution in [2.45, 2.75) is 27.7 Å². The summed E-state index contributed by atoms with van der Waals surface area (Å²) in [7, 11) is 0. The van der Waals surface area contributed by atoms with Crippen LogP contribution in [0.2, 0.25) is 0 Å². The molecule has 2 aromatic rings. The summed E-state index contributed by atoms with van der Waals surface area (Å²) >= 11 is 0. The van der Waals surface area contributed by atoms with Gasteiger partial charge in [0.2, 0.25) is 5.91 Å². The Hall–Kier alpha value is -3.35. The minimum Gasteiger partial charge on any atom is -0.350 e. The van der Waals surface area contributed by atoms with Gasteiger partial charge in [0.25, 0.3) is 5.91 Å². The first-order valence-electron chi connectivity index (χ1n) is 9.46. The van der Waals surface area contributed by atoms with Crippen LogP contribution < -0.4 is 21.3 Å². The van der Waals surface area contributed by atoms with Crippen LogP contribution in [0.1, 0.15) is 36.7 Å². The molecule has 0 aliphatic rings. The molecule has 0 unspecified atom stereocenters. The summed E-state index contributed by atoms with van der Waals surface area (Å²) < 4.78 is 0. The first-order chi connectivity index (χ1) is 13.6. The third-order valence-electron chi connectivity index (χ3n) is 4.09.